The third-order valence-electron chi connectivity index (χ3n) is 3.71. The predicted molar refractivity (Wildman–Crippen MR) is 78.1 cm³/mol. The summed E-state index contributed by atoms with van der Waals surface area (Å²) in [7, 11) is 0. The fourth-order valence-corrected chi connectivity index (χ4v) is 2.67. The van der Waals surface area contributed by atoms with Crippen LogP contribution in [-0.4, -0.2) is 34.0 Å². The lowest BCUT2D eigenvalue weighted by atomic mass is 10.3. The zero-order valence-electron chi connectivity index (χ0n) is 12.0. The summed E-state index contributed by atoms with van der Waals surface area (Å²) in [6.07, 6.45) is 1.24. The molecule has 0 spiro atoms. The zero-order valence-corrected chi connectivity index (χ0v) is 12.0. The molecule has 0 amide bonds. The Morgan fingerprint density at radius 2 is 2.05 bits per heavy atom. The van der Waals surface area contributed by atoms with Crippen LogP contribution in [0.2, 0.25) is 0 Å². The van der Waals surface area contributed by atoms with Crippen molar-refractivity contribution < 1.29 is 4.74 Å². The molecule has 1 saturated heterocycles. The number of hydrogen-bond acceptors (Lipinski definition) is 4. The molecule has 0 bridgehead atoms. The molecule has 0 aliphatic carbocycles. The van der Waals surface area contributed by atoms with Crippen molar-refractivity contribution in [2.24, 2.45) is 0 Å². The number of rotatable bonds is 4. The van der Waals surface area contributed by atoms with Crippen LogP contribution in [0.25, 0.3) is 0 Å². The second kappa shape index (κ2) is 5.53. The molecule has 106 valence electrons. The van der Waals surface area contributed by atoms with Crippen molar-refractivity contribution in [3.63, 3.8) is 0 Å². The second-order valence-electron chi connectivity index (χ2n) is 5.08. The van der Waals surface area contributed by atoms with Crippen LogP contribution >= 0.6 is 0 Å². The third-order valence-corrected chi connectivity index (χ3v) is 3.71. The van der Waals surface area contributed by atoms with Crippen LogP contribution in [-0.2, 0) is 6.54 Å². The Labute approximate surface area is 119 Å². The van der Waals surface area contributed by atoms with E-state index < -0.39 is 0 Å². The van der Waals surface area contributed by atoms with Crippen LogP contribution < -0.4 is 9.64 Å². The molecule has 0 saturated carbocycles. The van der Waals surface area contributed by atoms with Crippen LogP contribution in [0.5, 0.6) is 5.75 Å². The topological polar surface area (TPSA) is 43.2 Å². The maximum atomic E-state index is 6.01. The molecule has 1 aromatic heterocycles. The monoisotopic (exact) mass is 272 g/mol. The quantitative estimate of drug-likeness (QED) is 0.856. The molecule has 20 heavy (non-hydrogen) atoms. The highest BCUT2D eigenvalue weighted by Gasteiger charge is 2.27. The number of anilines is 1. The van der Waals surface area contributed by atoms with Crippen LogP contribution in [0.3, 0.4) is 0 Å². The molecular weight excluding hydrogens is 252 g/mol. The van der Waals surface area contributed by atoms with Crippen molar-refractivity contribution >= 4 is 5.95 Å². The van der Waals surface area contributed by atoms with Crippen molar-refractivity contribution in [2.75, 3.05) is 18.0 Å². The number of nitrogens with zero attached hydrogens (tertiary/aromatic N) is 4. The second-order valence-corrected chi connectivity index (χ2v) is 5.08. The molecule has 0 unspecified atom stereocenters. The lowest BCUT2D eigenvalue weighted by Crippen LogP contribution is -2.27. The van der Waals surface area contributed by atoms with E-state index in [9.17, 15) is 0 Å². The van der Waals surface area contributed by atoms with E-state index in [2.05, 4.69) is 26.6 Å². The predicted octanol–water partition coefficient (Wildman–Crippen LogP) is 2.26. The Morgan fingerprint density at radius 3 is 2.80 bits per heavy atom. The highest BCUT2D eigenvalue weighted by molar-refractivity contribution is 5.33. The van der Waals surface area contributed by atoms with Gasteiger partial charge < -0.3 is 9.64 Å². The van der Waals surface area contributed by atoms with Crippen LogP contribution in [0.4, 0.5) is 5.95 Å². The van der Waals surface area contributed by atoms with E-state index in [-0.39, 0.29) is 6.10 Å². The van der Waals surface area contributed by atoms with Gasteiger partial charge in [0.15, 0.2) is 0 Å². The van der Waals surface area contributed by atoms with Gasteiger partial charge in [0.1, 0.15) is 17.7 Å². The number of ether oxygens (including phenoxy) is 1. The molecule has 0 radical (unpaired) electrons. The molecule has 2 heterocycles. The van der Waals surface area contributed by atoms with Crippen LogP contribution in [0, 0.1) is 6.92 Å². The van der Waals surface area contributed by atoms with Crippen LogP contribution in [0.15, 0.2) is 30.3 Å². The highest BCUT2D eigenvalue weighted by atomic mass is 16.5. The minimum absolute atomic E-state index is 0.222. The number of para-hydroxylation sites is 1. The molecule has 1 aromatic carbocycles. The normalized spacial score (nSPS) is 18.5. The van der Waals surface area contributed by atoms with Gasteiger partial charge in [-0.2, -0.15) is 0 Å². The van der Waals surface area contributed by atoms with Gasteiger partial charge in [-0.3, -0.25) is 4.57 Å². The summed E-state index contributed by atoms with van der Waals surface area (Å²) in [4.78, 5) is 2.26. The van der Waals surface area contributed by atoms with Gasteiger partial charge in [0.05, 0.1) is 6.54 Å². The highest BCUT2D eigenvalue weighted by Crippen LogP contribution is 2.22. The van der Waals surface area contributed by atoms with E-state index in [0.717, 1.165) is 43.6 Å². The summed E-state index contributed by atoms with van der Waals surface area (Å²) >= 11 is 0. The summed E-state index contributed by atoms with van der Waals surface area (Å²) in [6, 6.07) is 10.0. The van der Waals surface area contributed by atoms with E-state index in [1.54, 1.807) is 0 Å². The summed E-state index contributed by atoms with van der Waals surface area (Å²) in [5, 5.41) is 8.46. The van der Waals surface area contributed by atoms with Gasteiger partial charge in [-0.25, -0.2) is 0 Å². The van der Waals surface area contributed by atoms with Crippen molar-refractivity contribution in [2.45, 2.75) is 32.9 Å². The van der Waals surface area contributed by atoms with Gasteiger partial charge in [-0.15, -0.1) is 10.2 Å². The molecule has 1 atom stereocenters. The van der Waals surface area contributed by atoms with Gasteiger partial charge in [-0.05, 0) is 26.0 Å². The lowest BCUT2D eigenvalue weighted by molar-refractivity contribution is 0.225. The van der Waals surface area contributed by atoms with Gasteiger partial charge in [0.25, 0.3) is 0 Å². The number of benzene rings is 1. The van der Waals surface area contributed by atoms with Crippen LogP contribution in [0.1, 0.15) is 19.2 Å². The summed E-state index contributed by atoms with van der Waals surface area (Å²) in [6.45, 7) is 6.85. The standard InChI is InChI=1S/C15H20N4O/c1-3-19-12(2)16-17-15(19)18-10-9-14(11-18)20-13-7-5-4-6-8-13/h4-8,14H,3,9-11H2,1-2H3/t14-/m0/s1. The first-order valence-electron chi connectivity index (χ1n) is 7.14. The first-order valence-corrected chi connectivity index (χ1v) is 7.14. The summed E-state index contributed by atoms with van der Waals surface area (Å²) < 4.78 is 8.15. The Morgan fingerprint density at radius 1 is 1.25 bits per heavy atom. The SMILES string of the molecule is CCn1c(C)nnc1N1CC[C@H](Oc2ccccc2)C1. The molecule has 1 fully saturated rings. The van der Waals surface area contributed by atoms with E-state index in [1.807, 2.05) is 37.3 Å². The van der Waals surface area contributed by atoms with Gasteiger partial charge >= 0.3 is 0 Å². The Balaban J connectivity index is 1.67. The fraction of sp³-hybridized carbons (Fsp3) is 0.467. The molecule has 1 aliphatic rings. The lowest BCUT2D eigenvalue weighted by Gasteiger charge is -2.18. The molecule has 5 heteroatoms. The molecule has 5 nitrogen and oxygen atoms in total. The van der Waals surface area contributed by atoms with E-state index in [0.29, 0.717) is 0 Å². The molecule has 3 rings (SSSR count). The van der Waals surface area contributed by atoms with Crippen molar-refractivity contribution in [1.29, 1.82) is 0 Å². The van der Waals surface area contributed by atoms with Gasteiger partial charge in [-0.1, -0.05) is 18.2 Å². The van der Waals surface area contributed by atoms with Crippen molar-refractivity contribution in [1.82, 2.24) is 14.8 Å². The third kappa shape index (κ3) is 2.48. The average molecular weight is 272 g/mol. The Bertz CT molecular complexity index is 567. The maximum absolute atomic E-state index is 6.01. The first kappa shape index (κ1) is 13.0. The summed E-state index contributed by atoms with van der Waals surface area (Å²) in [5.41, 5.74) is 0. The Hall–Kier alpha value is -2.04. The largest absolute Gasteiger partial charge is 0.489 e. The van der Waals surface area contributed by atoms with E-state index in [4.69, 9.17) is 4.74 Å². The van der Waals surface area contributed by atoms with Crippen molar-refractivity contribution in [3.8, 4) is 5.75 Å². The van der Waals surface area contributed by atoms with Gasteiger partial charge in [0.2, 0.25) is 5.95 Å². The van der Waals surface area contributed by atoms with E-state index in [1.165, 1.54) is 0 Å². The molecular formula is C15H20N4O. The first-order chi connectivity index (χ1) is 9.78. The van der Waals surface area contributed by atoms with Crippen molar-refractivity contribution in [3.05, 3.63) is 36.2 Å². The minimum atomic E-state index is 0.222. The number of aryl methyl sites for hydroxylation is 1. The minimum Gasteiger partial charge on any atom is -0.489 e. The maximum Gasteiger partial charge on any atom is 0.227 e. The average Bonchev–Trinajstić information content (AvgIpc) is 3.06. The number of aromatic nitrogens is 3. The molecule has 2 aromatic rings. The fourth-order valence-electron chi connectivity index (χ4n) is 2.67. The zero-order chi connectivity index (χ0) is 13.9. The number of hydrogen-bond donors (Lipinski definition) is 0. The molecule has 0 N–H and O–H groups in total. The summed E-state index contributed by atoms with van der Waals surface area (Å²) in [5.74, 6) is 2.87. The van der Waals surface area contributed by atoms with E-state index >= 15 is 0 Å². The smallest absolute Gasteiger partial charge is 0.227 e. The molecule has 1 aliphatic heterocycles. The van der Waals surface area contributed by atoms with Gasteiger partial charge in [0, 0.05) is 19.5 Å². The Kier molecular flexibility index (Phi) is 3.58.